The smallest absolute Gasteiger partial charge is 0.162 e. The topological polar surface area (TPSA) is 156 Å². The number of nitrogen functional groups attached to an aromatic ring is 1. The van der Waals surface area contributed by atoms with E-state index < -0.39 is 0 Å². The van der Waals surface area contributed by atoms with Crippen molar-refractivity contribution >= 4 is 33.9 Å². The largest absolute Gasteiger partial charge is 0.379 e. The number of nitrogens with one attached hydrogen (secondary N) is 2. The van der Waals surface area contributed by atoms with Crippen LogP contribution >= 0.6 is 23.5 Å². The fraction of sp³-hybridized carbons (Fsp3) is 0.333. The van der Waals surface area contributed by atoms with Gasteiger partial charge in [0.25, 0.3) is 0 Å². The van der Waals surface area contributed by atoms with E-state index >= 15 is 0 Å². The van der Waals surface area contributed by atoms with Gasteiger partial charge < -0.3 is 17.3 Å². The highest BCUT2D eigenvalue weighted by Gasteiger charge is 2.10. The van der Waals surface area contributed by atoms with Crippen molar-refractivity contribution in [3.63, 3.8) is 0 Å². The van der Waals surface area contributed by atoms with Crippen LogP contribution in [0.15, 0.2) is 0 Å². The van der Waals surface area contributed by atoms with Crippen molar-refractivity contribution < 1.29 is 0 Å². The molecule has 0 unspecified atom stereocenters. The van der Waals surface area contributed by atoms with Crippen molar-refractivity contribution in [1.82, 2.24) is 14.9 Å². The third kappa shape index (κ3) is 3.62. The highest BCUT2D eigenvalue weighted by molar-refractivity contribution is 8.13. The van der Waals surface area contributed by atoms with E-state index in [1.807, 2.05) is 0 Å². The van der Waals surface area contributed by atoms with Crippen LogP contribution in [0.3, 0.4) is 0 Å². The van der Waals surface area contributed by atoms with Crippen LogP contribution in [0, 0.1) is 10.8 Å². The van der Waals surface area contributed by atoms with E-state index in [2.05, 4.69) is 10.2 Å². The number of hydrogen-bond acceptors (Lipinski definition) is 7. The molecule has 10 heteroatoms. The first-order valence-electron chi connectivity index (χ1n) is 4.12. The Bertz CT molecular complexity index is 364. The highest BCUT2D eigenvalue weighted by atomic mass is 32.2. The van der Waals surface area contributed by atoms with Gasteiger partial charge in [-0.3, -0.25) is 10.8 Å². The van der Waals surface area contributed by atoms with Crippen molar-refractivity contribution in [2.75, 3.05) is 5.84 Å². The highest BCUT2D eigenvalue weighted by Crippen LogP contribution is 2.12. The van der Waals surface area contributed by atoms with E-state index in [0.717, 1.165) is 23.5 Å². The molecule has 0 bridgehead atoms. The molecule has 0 aliphatic carbocycles. The van der Waals surface area contributed by atoms with E-state index in [9.17, 15) is 0 Å². The summed E-state index contributed by atoms with van der Waals surface area (Å²) in [5.74, 6) is 7.56. The van der Waals surface area contributed by atoms with Crippen LogP contribution < -0.4 is 17.3 Å². The summed E-state index contributed by atoms with van der Waals surface area (Å²) < 4.78 is 1.33. The van der Waals surface area contributed by atoms with Gasteiger partial charge in [0.15, 0.2) is 22.0 Å². The molecular weight excluding hydrogens is 248 g/mol. The molecule has 0 aromatic carbocycles. The number of aromatic nitrogens is 3. The summed E-state index contributed by atoms with van der Waals surface area (Å²) >= 11 is 2.24. The molecule has 0 spiro atoms. The zero-order chi connectivity index (χ0) is 12.1. The van der Waals surface area contributed by atoms with Gasteiger partial charge in [-0.15, -0.1) is 10.2 Å². The van der Waals surface area contributed by atoms with Gasteiger partial charge in [-0.1, -0.05) is 23.5 Å². The summed E-state index contributed by atoms with van der Waals surface area (Å²) in [4.78, 5) is 0. The molecule has 1 aromatic rings. The Balaban J connectivity index is 2.61. The fourth-order valence-electron chi connectivity index (χ4n) is 0.842. The first-order chi connectivity index (χ1) is 7.50. The lowest BCUT2D eigenvalue weighted by atomic mass is 10.7. The van der Waals surface area contributed by atoms with E-state index in [0.29, 0.717) is 23.2 Å². The number of hydrogen-bond donors (Lipinski definition) is 5. The Labute approximate surface area is 100 Å². The molecule has 88 valence electrons. The molecule has 0 radical (unpaired) electrons. The number of amidine groups is 2. The second-order valence-electron chi connectivity index (χ2n) is 2.71. The molecular formula is C6H12N8S2. The lowest BCUT2D eigenvalue weighted by Gasteiger charge is -2.02. The van der Waals surface area contributed by atoms with E-state index in [1.54, 1.807) is 0 Å². The molecule has 8 nitrogen and oxygen atoms in total. The van der Waals surface area contributed by atoms with Gasteiger partial charge in [-0.2, -0.15) is 0 Å². The molecule has 0 saturated carbocycles. The molecule has 16 heavy (non-hydrogen) atoms. The monoisotopic (exact) mass is 260 g/mol. The Morgan fingerprint density at radius 1 is 1.06 bits per heavy atom. The minimum absolute atomic E-state index is 0.00246. The van der Waals surface area contributed by atoms with Gasteiger partial charge in [0.05, 0.1) is 11.5 Å². The average Bonchev–Trinajstić information content (AvgIpc) is 2.53. The van der Waals surface area contributed by atoms with Gasteiger partial charge in [0, 0.05) is 0 Å². The lowest BCUT2D eigenvalue weighted by Crippen LogP contribution is -2.17. The summed E-state index contributed by atoms with van der Waals surface area (Å²) in [6, 6.07) is 0. The Morgan fingerprint density at radius 2 is 1.44 bits per heavy atom. The van der Waals surface area contributed by atoms with Crippen LogP contribution in [0.1, 0.15) is 11.6 Å². The maximum atomic E-state index is 7.05. The molecule has 0 amide bonds. The predicted octanol–water partition coefficient (Wildman–Crippen LogP) is -0.755. The van der Waals surface area contributed by atoms with Gasteiger partial charge in [-0.25, -0.2) is 4.68 Å². The fourth-order valence-corrected chi connectivity index (χ4v) is 1.81. The molecule has 0 aliphatic rings. The standard InChI is InChI=1S/C6H12N8S2/c7-5(8)15-1-3-12-13-4(14(3)11)2-16-6(9)10/h1-2,11H2,(H3,7,8)(H3,9,10). The lowest BCUT2D eigenvalue weighted by molar-refractivity contribution is 0.876. The van der Waals surface area contributed by atoms with Gasteiger partial charge in [-0.05, 0) is 0 Å². The zero-order valence-electron chi connectivity index (χ0n) is 8.30. The number of rotatable bonds is 4. The minimum atomic E-state index is 0.00246. The van der Waals surface area contributed by atoms with Crippen molar-refractivity contribution in [3.8, 4) is 0 Å². The van der Waals surface area contributed by atoms with Crippen molar-refractivity contribution in [1.29, 1.82) is 10.8 Å². The molecule has 1 aromatic heterocycles. The number of nitrogens with two attached hydrogens (primary N) is 3. The molecule has 0 saturated heterocycles. The van der Waals surface area contributed by atoms with Crippen molar-refractivity contribution in [2.24, 2.45) is 11.5 Å². The maximum absolute atomic E-state index is 7.05. The van der Waals surface area contributed by atoms with Crippen LogP contribution in [-0.2, 0) is 11.5 Å². The first kappa shape index (κ1) is 12.6. The van der Waals surface area contributed by atoms with Crippen LogP contribution in [0.25, 0.3) is 0 Å². The quantitative estimate of drug-likeness (QED) is 0.270. The van der Waals surface area contributed by atoms with Crippen LogP contribution in [-0.4, -0.2) is 25.2 Å². The van der Waals surface area contributed by atoms with E-state index in [1.165, 1.54) is 4.68 Å². The second kappa shape index (κ2) is 5.61. The molecule has 8 N–H and O–H groups in total. The third-order valence-electron chi connectivity index (χ3n) is 1.55. The van der Waals surface area contributed by atoms with Gasteiger partial charge in [0.2, 0.25) is 0 Å². The van der Waals surface area contributed by atoms with Gasteiger partial charge in [0.1, 0.15) is 0 Å². The third-order valence-corrected chi connectivity index (χ3v) is 2.98. The minimum Gasteiger partial charge on any atom is -0.379 e. The number of thioether (sulfide) groups is 2. The molecule has 1 heterocycles. The Morgan fingerprint density at radius 3 is 1.75 bits per heavy atom. The van der Waals surface area contributed by atoms with Gasteiger partial charge >= 0.3 is 0 Å². The summed E-state index contributed by atoms with van der Waals surface area (Å²) in [6.07, 6.45) is 0. The second-order valence-corrected chi connectivity index (χ2v) is 4.74. The van der Waals surface area contributed by atoms with Crippen LogP contribution in [0.2, 0.25) is 0 Å². The maximum Gasteiger partial charge on any atom is 0.162 e. The zero-order valence-corrected chi connectivity index (χ0v) is 9.94. The summed E-state index contributed by atoms with van der Waals surface area (Å²) in [6.45, 7) is 0. The first-order valence-corrected chi connectivity index (χ1v) is 6.09. The normalized spacial score (nSPS) is 10.2. The van der Waals surface area contributed by atoms with Crippen LogP contribution in [0.4, 0.5) is 0 Å². The van der Waals surface area contributed by atoms with Crippen LogP contribution in [0.5, 0.6) is 0 Å². The van der Waals surface area contributed by atoms with E-state index in [-0.39, 0.29) is 10.3 Å². The van der Waals surface area contributed by atoms with Crippen molar-refractivity contribution in [2.45, 2.75) is 11.5 Å². The number of nitrogens with zero attached hydrogens (tertiary/aromatic N) is 3. The molecule has 0 fully saturated rings. The summed E-state index contributed by atoms with van der Waals surface area (Å²) in [5, 5.41) is 21.8. The SMILES string of the molecule is N=C(N)SCc1nnc(CSC(=N)N)n1N. The summed E-state index contributed by atoms with van der Waals surface area (Å²) in [5.41, 5.74) is 10.4. The predicted molar refractivity (Wildman–Crippen MR) is 66.6 cm³/mol. The molecule has 0 aliphatic heterocycles. The average molecular weight is 260 g/mol. The molecule has 0 atom stereocenters. The van der Waals surface area contributed by atoms with E-state index in [4.69, 9.17) is 28.1 Å². The molecule has 1 rings (SSSR count). The Kier molecular flexibility index (Phi) is 4.43. The van der Waals surface area contributed by atoms with Crippen molar-refractivity contribution in [3.05, 3.63) is 11.6 Å². The summed E-state index contributed by atoms with van der Waals surface area (Å²) in [7, 11) is 0. The Hall–Kier alpha value is -1.42.